The summed E-state index contributed by atoms with van der Waals surface area (Å²) >= 11 is 0. The lowest BCUT2D eigenvalue weighted by molar-refractivity contribution is -0.140. The topological polar surface area (TPSA) is 38.8 Å². The van der Waals surface area contributed by atoms with Crippen LogP contribution in [0.3, 0.4) is 0 Å². The second kappa shape index (κ2) is 13.4. The fourth-order valence-electron chi connectivity index (χ4n) is 3.95. The number of carbonyl (C=O) groups excluding carboxylic acids is 1. The molecule has 0 aromatic heterocycles. The maximum absolute atomic E-state index is 11.2. The van der Waals surface area contributed by atoms with Crippen LogP contribution in [0.4, 0.5) is 0 Å². The van der Waals surface area contributed by atoms with Crippen LogP contribution in [0.1, 0.15) is 55.8 Å². The van der Waals surface area contributed by atoms with Crippen LogP contribution in [0.25, 0.3) is 0 Å². The maximum Gasteiger partial charge on any atom is 0.305 e. The lowest BCUT2D eigenvalue weighted by Crippen LogP contribution is -2.38. The number of likely N-dealkylation sites (tertiary alicyclic amines) is 1. The number of unbranched alkanes of at least 4 members (excludes halogenated alkanes) is 2. The SMILES string of the molecule is COC(=O)CCCCCN1CCC(OC(c2ccccc2)c2ccccc2)CC1.Cl. The molecule has 0 atom stereocenters. The number of ether oxygens (including phenoxy) is 2. The summed E-state index contributed by atoms with van der Waals surface area (Å²) < 4.78 is 11.3. The van der Waals surface area contributed by atoms with Crippen LogP contribution in [-0.2, 0) is 14.3 Å². The molecule has 0 unspecified atom stereocenters. The highest BCUT2D eigenvalue weighted by molar-refractivity contribution is 5.85. The normalized spacial score (nSPS) is 15.0. The Balaban J connectivity index is 0.00000320. The number of hydrogen-bond donors (Lipinski definition) is 0. The minimum Gasteiger partial charge on any atom is -0.469 e. The monoisotopic (exact) mass is 431 g/mol. The van der Waals surface area contributed by atoms with E-state index in [1.807, 2.05) is 0 Å². The van der Waals surface area contributed by atoms with Gasteiger partial charge in [0.05, 0.1) is 13.2 Å². The van der Waals surface area contributed by atoms with Crippen molar-refractivity contribution in [2.75, 3.05) is 26.7 Å². The Bertz CT molecular complexity index is 678. The lowest BCUT2D eigenvalue weighted by Gasteiger charge is -2.34. The minimum absolute atomic E-state index is 0. The van der Waals surface area contributed by atoms with Crippen LogP contribution >= 0.6 is 12.4 Å². The van der Waals surface area contributed by atoms with Crippen LogP contribution in [0.5, 0.6) is 0 Å². The van der Waals surface area contributed by atoms with E-state index in [9.17, 15) is 4.79 Å². The van der Waals surface area contributed by atoms with Gasteiger partial charge in [-0.15, -0.1) is 12.4 Å². The van der Waals surface area contributed by atoms with Gasteiger partial charge in [-0.3, -0.25) is 4.79 Å². The fourth-order valence-corrected chi connectivity index (χ4v) is 3.95. The first kappa shape index (κ1) is 24.4. The van der Waals surface area contributed by atoms with Crippen molar-refractivity contribution in [2.24, 2.45) is 0 Å². The molecule has 1 heterocycles. The number of esters is 1. The summed E-state index contributed by atoms with van der Waals surface area (Å²) in [6.45, 7) is 3.27. The summed E-state index contributed by atoms with van der Waals surface area (Å²) in [5, 5.41) is 0. The Kier molecular flexibility index (Phi) is 10.9. The average molecular weight is 432 g/mol. The summed E-state index contributed by atoms with van der Waals surface area (Å²) in [5.41, 5.74) is 2.43. The maximum atomic E-state index is 11.2. The first-order valence-electron chi connectivity index (χ1n) is 10.8. The molecule has 1 aliphatic heterocycles. The molecule has 2 aromatic rings. The van der Waals surface area contributed by atoms with Gasteiger partial charge < -0.3 is 14.4 Å². The van der Waals surface area contributed by atoms with Gasteiger partial charge in [-0.25, -0.2) is 0 Å². The lowest BCUT2D eigenvalue weighted by atomic mass is 10.00. The van der Waals surface area contributed by atoms with Crippen molar-refractivity contribution >= 4 is 18.4 Å². The van der Waals surface area contributed by atoms with Crippen molar-refractivity contribution < 1.29 is 14.3 Å². The van der Waals surface area contributed by atoms with Gasteiger partial charge in [-0.2, -0.15) is 0 Å². The summed E-state index contributed by atoms with van der Waals surface area (Å²) in [4.78, 5) is 13.7. The molecular formula is C25H34ClNO3. The number of methoxy groups -OCH3 is 1. The number of carbonyl (C=O) groups is 1. The third-order valence-electron chi connectivity index (χ3n) is 5.65. The number of hydrogen-bond acceptors (Lipinski definition) is 4. The Morgan fingerprint density at radius 3 is 2.03 bits per heavy atom. The Morgan fingerprint density at radius 1 is 0.933 bits per heavy atom. The van der Waals surface area contributed by atoms with Gasteiger partial charge in [0.1, 0.15) is 6.10 Å². The van der Waals surface area contributed by atoms with E-state index in [0.29, 0.717) is 6.42 Å². The molecular weight excluding hydrogens is 398 g/mol. The first-order chi connectivity index (χ1) is 14.3. The van der Waals surface area contributed by atoms with Crippen LogP contribution in [0.2, 0.25) is 0 Å². The third kappa shape index (κ3) is 7.75. The zero-order valence-corrected chi connectivity index (χ0v) is 18.7. The minimum atomic E-state index is -0.102. The van der Waals surface area contributed by atoms with Gasteiger partial charge in [-0.1, -0.05) is 67.1 Å². The van der Waals surface area contributed by atoms with E-state index in [-0.39, 0.29) is 30.6 Å². The molecule has 0 spiro atoms. The molecule has 1 aliphatic rings. The summed E-state index contributed by atoms with van der Waals surface area (Å²) in [6, 6.07) is 21.0. The smallest absolute Gasteiger partial charge is 0.305 e. The molecule has 164 valence electrons. The number of benzene rings is 2. The summed E-state index contributed by atoms with van der Waals surface area (Å²) in [6.07, 6.45) is 6.09. The third-order valence-corrected chi connectivity index (χ3v) is 5.65. The zero-order chi connectivity index (χ0) is 20.3. The van der Waals surface area contributed by atoms with E-state index in [1.54, 1.807) is 0 Å². The van der Waals surface area contributed by atoms with Gasteiger partial charge >= 0.3 is 5.97 Å². The van der Waals surface area contributed by atoms with Crippen molar-refractivity contribution in [1.29, 1.82) is 0 Å². The Morgan fingerprint density at radius 2 is 1.50 bits per heavy atom. The fraction of sp³-hybridized carbons (Fsp3) is 0.480. The van der Waals surface area contributed by atoms with Crippen molar-refractivity contribution in [3.63, 3.8) is 0 Å². The highest BCUT2D eigenvalue weighted by Crippen LogP contribution is 2.30. The molecule has 0 saturated carbocycles. The van der Waals surface area contributed by atoms with Crippen LogP contribution in [0, 0.1) is 0 Å². The molecule has 4 nitrogen and oxygen atoms in total. The van der Waals surface area contributed by atoms with Gasteiger partial charge in [-0.05, 0) is 43.4 Å². The second-order valence-electron chi connectivity index (χ2n) is 7.77. The van der Waals surface area contributed by atoms with E-state index >= 15 is 0 Å². The highest BCUT2D eigenvalue weighted by Gasteiger charge is 2.24. The molecule has 0 N–H and O–H groups in total. The van der Waals surface area contributed by atoms with Crippen LogP contribution in [0.15, 0.2) is 60.7 Å². The van der Waals surface area contributed by atoms with E-state index in [1.165, 1.54) is 18.2 Å². The van der Waals surface area contributed by atoms with E-state index in [0.717, 1.165) is 51.7 Å². The molecule has 1 saturated heterocycles. The largest absolute Gasteiger partial charge is 0.469 e. The summed E-state index contributed by atoms with van der Waals surface area (Å²) in [7, 11) is 1.45. The predicted molar refractivity (Wildman–Crippen MR) is 123 cm³/mol. The number of rotatable bonds is 10. The molecule has 5 heteroatoms. The van der Waals surface area contributed by atoms with Crippen molar-refractivity contribution in [3.8, 4) is 0 Å². The molecule has 0 aliphatic carbocycles. The van der Waals surface area contributed by atoms with E-state index in [2.05, 4.69) is 65.6 Å². The second-order valence-corrected chi connectivity index (χ2v) is 7.77. The zero-order valence-electron chi connectivity index (χ0n) is 17.9. The highest BCUT2D eigenvalue weighted by atomic mass is 35.5. The van der Waals surface area contributed by atoms with Crippen molar-refractivity contribution in [1.82, 2.24) is 4.90 Å². The molecule has 0 amide bonds. The van der Waals surface area contributed by atoms with Gasteiger partial charge in [0.15, 0.2) is 0 Å². The van der Waals surface area contributed by atoms with Gasteiger partial charge in [0.2, 0.25) is 0 Å². The van der Waals surface area contributed by atoms with E-state index < -0.39 is 0 Å². The van der Waals surface area contributed by atoms with Crippen molar-refractivity contribution in [2.45, 2.75) is 50.7 Å². The summed E-state index contributed by atoms with van der Waals surface area (Å²) in [5.74, 6) is -0.102. The Labute approximate surface area is 187 Å². The number of halogens is 1. The number of piperidine rings is 1. The van der Waals surface area contributed by atoms with Crippen molar-refractivity contribution in [3.05, 3.63) is 71.8 Å². The average Bonchev–Trinajstić information content (AvgIpc) is 2.79. The Hall–Kier alpha value is -1.88. The molecule has 0 radical (unpaired) electrons. The standard InChI is InChI=1S/C25H33NO3.ClH/c1-28-24(27)15-9-4-10-18-26-19-16-23(17-20-26)29-25(21-11-5-2-6-12-21)22-13-7-3-8-14-22;/h2-3,5-8,11-14,23,25H,4,9-10,15-20H2,1H3;1H. The van der Waals surface area contributed by atoms with Crippen LogP contribution in [-0.4, -0.2) is 43.7 Å². The molecule has 30 heavy (non-hydrogen) atoms. The van der Waals surface area contributed by atoms with E-state index in [4.69, 9.17) is 9.47 Å². The van der Waals surface area contributed by atoms with Gasteiger partial charge in [0.25, 0.3) is 0 Å². The molecule has 1 fully saturated rings. The van der Waals surface area contributed by atoms with Crippen LogP contribution < -0.4 is 0 Å². The predicted octanol–water partition coefficient (Wildman–Crippen LogP) is 5.41. The quantitative estimate of drug-likeness (QED) is 0.372. The number of nitrogens with zero attached hydrogens (tertiary/aromatic N) is 1. The molecule has 3 rings (SSSR count). The molecule has 2 aromatic carbocycles. The van der Waals surface area contributed by atoms with Gasteiger partial charge in [0, 0.05) is 19.5 Å². The first-order valence-corrected chi connectivity index (χ1v) is 10.8. The molecule has 0 bridgehead atoms.